The lowest BCUT2D eigenvalue weighted by atomic mass is 10.2. The highest BCUT2D eigenvalue weighted by Crippen LogP contribution is 2.06. The fourth-order valence-corrected chi connectivity index (χ4v) is 2.80. The van der Waals surface area contributed by atoms with Crippen LogP contribution in [0.15, 0.2) is 10.3 Å². The summed E-state index contributed by atoms with van der Waals surface area (Å²) in [6, 6.07) is 0. The number of carbonyl (C=O) groups excluding carboxylic acids is 1. The van der Waals surface area contributed by atoms with Crippen molar-refractivity contribution in [1.82, 2.24) is 4.90 Å². The monoisotopic (exact) mass is 291 g/mol. The predicted octanol–water partition coefficient (Wildman–Crippen LogP) is -0.732. The highest BCUT2D eigenvalue weighted by molar-refractivity contribution is 7.91. The highest BCUT2D eigenvalue weighted by Gasteiger charge is 2.29. The number of nitrogens with zero attached hydrogens (tertiary/aromatic N) is 3. The van der Waals surface area contributed by atoms with Crippen LogP contribution in [0.4, 0.5) is 0 Å². The van der Waals surface area contributed by atoms with Crippen LogP contribution in [0.5, 0.6) is 0 Å². The molecule has 1 fully saturated rings. The van der Waals surface area contributed by atoms with Gasteiger partial charge < -0.3 is 14.6 Å². The first-order chi connectivity index (χ1) is 8.91. The first-order valence-electron chi connectivity index (χ1n) is 5.60. The second-order valence-corrected chi connectivity index (χ2v) is 6.23. The number of carbonyl (C=O) groups is 1. The molecule has 1 aliphatic heterocycles. The topological polar surface area (TPSA) is 97.6 Å². The van der Waals surface area contributed by atoms with E-state index in [1.54, 1.807) is 6.92 Å². The van der Waals surface area contributed by atoms with Crippen LogP contribution in [-0.2, 0) is 24.3 Å². The van der Waals surface area contributed by atoms with E-state index in [4.69, 9.17) is 0 Å². The Bertz CT molecular complexity index is 483. The molecule has 0 radical (unpaired) electrons. The number of amides is 1. The molecule has 0 aromatic heterocycles. The quantitative estimate of drug-likeness (QED) is 0.502. The summed E-state index contributed by atoms with van der Waals surface area (Å²) in [5.74, 6) is -0.506. The van der Waals surface area contributed by atoms with Crippen molar-refractivity contribution in [3.05, 3.63) is 0 Å². The van der Waals surface area contributed by atoms with Crippen molar-refractivity contribution in [1.29, 1.82) is 0 Å². The molecule has 0 aromatic rings. The third-order valence-electron chi connectivity index (χ3n) is 2.59. The third kappa shape index (κ3) is 4.19. The Morgan fingerprint density at radius 1 is 1.11 bits per heavy atom. The van der Waals surface area contributed by atoms with Crippen molar-refractivity contribution < 1.29 is 22.9 Å². The predicted molar refractivity (Wildman–Crippen MR) is 69.8 cm³/mol. The van der Waals surface area contributed by atoms with Crippen LogP contribution < -0.4 is 0 Å². The maximum atomic E-state index is 12.2. The molecule has 0 saturated carbocycles. The van der Waals surface area contributed by atoms with Crippen LogP contribution in [0.25, 0.3) is 0 Å². The summed E-state index contributed by atoms with van der Waals surface area (Å²) in [6.07, 6.45) is 0. The zero-order valence-electron chi connectivity index (χ0n) is 11.1. The highest BCUT2D eigenvalue weighted by atomic mass is 32.2. The van der Waals surface area contributed by atoms with Crippen molar-refractivity contribution in [3.8, 4) is 0 Å². The van der Waals surface area contributed by atoms with Crippen molar-refractivity contribution in [3.63, 3.8) is 0 Å². The normalized spacial score (nSPS) is 20.1. The second-order valence-electron chi connectivity index (χ2n) is 3.93. The largest absolute Gasteiger partial charge is 0.399 e. The van der Waals surface area contributed by atoms with E-state index in [1.807, 2.05) is 0 Å². The van der Waals surface area contributed by atoms with E-state index in [1.165, 1.54) is 19.1 Å². The molecule has 0 aliphatic carbocycles. The molecule has 0 atom stereocenters. The van der Waals surface area contributed by atoms with Crippen LogP contribution in [0.3, 0.4) is 0 Å². The van der Waals surface area contributed by atoms with Gasteiger partial charge in [0.25, 0.3) is 5.91 Å². The molecule has 1 aliphatic rings. The van der Waals surface area contributed by atoms with E-state index in [0.717, 1.165) is 0 Å². The molecule has 1 heterocycles. The molecule has 0 aromatic carbocycles. The zero-order chi connectivity index (χ0) is 14.5. The molecule has 0 unspecified atom stereocenters. The Kier molecular flexibility index (Phi) is 5.28. The SMILES string of the molecule is CON=C(C)C(=NOC)C(=O)N1CCS(=O)(=O)CC1. The lowest BCUT2D eigenvalue weighted by molar-refractivity contribution is -0.123. The fraction of sp³-hybridized carbons (Fsp3) is 0.700. The smallest absolute Gasteiger partial charge is 0.277 e. The van der Waals surface area contributed by atoms with Crippen molar-refractivity contribution >= 4 is 27.2 Å². The average molecular weight is 291 g/mol. The Morgan fingerprint density at radius 2 is 1.63 bits per heavy atom. The molecular weight excluding hydrogens is 274 g/mol. The van der Waals surface area contributed by atoms with Gasteiger partial charge in [-0.15, -0.1) is 0 Å². The number of oxime groups is 2. The van der Waals surface area contributed by atoms with Gasteiger partial charge in [-0.1, -0.05) is 10.3 Å². The van der Waals surface area contributed by atoms with E-state index >= 15 is 0 Å². The number of hydrogen-bond donors (Lipinski definition) is 0. The molecule has 0 bridgehead atoms. The average Bonchev–Trinajstić information content (AvgIpc) is 2.35. The van der Waals surface area contributed by atoms with Gasteiger partial charge in [-0.25, -0.2) is 8.42 Å². The minimum absolute atomic E-state index is 0.00338. The van der Waals surface area contributed by atoms with Crippen LogP contribution in [0.1, 0.15) is 6.92 Å². The summed E-state index contributed by atoms with van der Waals surface area (Å²) in [4.78, 5) is 22.8. The maximum absolute atomic E-state index is 12.2. The Balaban J connectivity index is 2.85. The van der Waals surface area contributed by atoms with Crippen LogP contribution >= 0.6 is 0 Å². The zero-order valence-corrected chi connectivity index (χ0v) is 11.9. The van der Waals surface area contributed by atoms with Gasteiger partial charge in [-0.3, -0.25) is 4.79 Å². The van der Waals surface area contributed by atoms with Gasteiger partial charge in [0.1, 0.15) is 19.9 Å². The van der Waals surface area contributed by atoms with Crippen molar-refractivity contribution in [2.24, 2.45) is 10.3 Å². The van der Waals surface area contributed by atoms with Crippen molar-refractivity contribution in [2.75, 3.05) is 38.8 Å². The van der Waals surface area contributed by atoms with E-state index in [9.17, 15) is 13.2 Å². The van der Waals surface area contributed by atoms with Gasteiger partial charge in [0.2, 0.25) is 0 Å². The lowest BCUT2D eigenvalue weighted by Gasteiger charge is -2.26. The summed E-state index contributed by atoms with van der Waals surface area (Å²) < 4.78 is 22.6. The van der Waals surface area contributed by atoms with Gasteiger partial charge in [-0.05, 0) is 6.92 Å². The lowest BCUT2D eigenvalue weighted by Crippen LogP contribution is -2.47. The molecule has 1 saturated heterocycles. The van der Waals surface area contributed by atoms with Gasteiger partial charge in [0.05, 0.1) is 11.5 Å². The molecule has 8 nitrogen and oxygen atoms in total. The van der Waals surface area contributed by atoms with E-state index in [2.05, 4.69) is 20.0 Å². The molecule has 108 valence electrons. The van der Waals surface area contributed by atoms with Gasteiger partial charge in [0, 0.05) is 13.1 Å². The van der Waals surface area contributed by atoms with Crippen molar-refractivity contribution in [2.45, 2.75) is 6.92 Å². The molecular formula is C10H17N3O5S. The Morgan fingerprint density at radius 3 is 2.11 bits per heavy atom. The third-order valence-corrected chi connectivity index (χ3v) is 4.20. The fourth-order valence-electron chi connectivity index (χ4n) is 1.60. The first-order valence-corrected chi connectivity index (χ1v) is 7.42. The summed E-state index contributed by atoms with van der Waals surface area (Å²) >= 11 is 0. The van der Waals surface area contributed by atoms with Crippen LogP contribution in [-0.4, -0.2) is 69.5 Å². The Labute approximate surface area is 111 Å². The maximum Gasteiger partial charge on any atom is 0.277 e. The van der Waals surface area contributed by atoms with Crippen LogP contribution in [0.2, 0.25) is 0 Å². The summed E-state index contributed by atoms with van der Waals surface area (Å²) in [5.41, 5.74) is 0.270. The summed E-state index contributed by atoms with van der Waals surface area (Å²) in [6.45, 7) is 1.84. The number of hydrogen-bond acceptors (Lipinski definition) is 7. The molecule has 0 spiro atoms. The van der Waals surface area contributed by atoms with E-state index in [0.29, 0.717) is 0 Å². The summed E-state index contributed by atoms with van der Waals surface area (Å²) in [5, 5.41) is 7.25. The molecule has 1 amide bonds. The van der Waals surface area contributed by atoms with Gasteiger partial charge >= 0.3 is 0 Å². The Hall–Kier alpha value is -1.64. The number of rotatable bonds is 4. The molecule has 1 rings (SSSR count). The van der Waals surface area contributed by atoms with E-state index in [-0.39, 0.29) is 36.0 Å². The molecule has 19 heavy (non-hydrogen) atoms. The summed E-state index contributed by atoms with van der Waals surface area (Å²) in [7, 11) is -0.371. The van der Waals surface area contributed by atoms with Gasteiger partial charge in [0.15, 0.2) is 15.5 Å². The first kappa shape index (κ1) is 15.4. The minimum Gasteiger partial charge on any atom is -0.399 e. The second kappa shape index (κ2) is 6.50. The van der Waals surface area contributed by atoms with E-state index < -0.39 is 15.7 Å². The van der Waals surface area contributed by atoms with Gasteiger partial charge in [-0.2, -0.15) is 0 Å². The minimum atomic E-state index is -3.04. The van der Waals surface area contributed by atoms with Crippen LogP contribution in [0, 0.1) is 0 Å². The standard InChI is InChI=1S/C10H17N3O5S/c1-8(11-17-2)9(12-18-3)10(14)13-4-6-19(15,16)7-5-13/h4-7H2,1-3H3. The number of sulfone groups is 1. The molecule has 0 N–H and O–H groups in total. The molecule has 9 heteroatoms.